The van der Waals surface area contributed by atoms with Gasteiger partial charge in [-0.25, -0.2) is 15.0 Å². The van der Waals surface area contributed by atoms with E-state index in [4.69, 9.17) is 5.73 Å². The van der Waals surface area contributed by atoms with Crippen LogP contribution in [0.2, 0.25) is 0 Å². The van der Waals surface area contributed by atoms with Gasteiger partial charge in [0.05, 0.1) is 0 Å². The smallest absolute Gasteiger partial charge is 0.137 e. The predicted molar refractivity (Wildman–Crippen MR) is 67.1 cm³/mol. The quantitative estimate of drug-likeness (QED) is 0.709. The molecule has 2 rings (SSSR count). The number of nitrogens with one attached hydrogen (secondary N) is 2. The number of hydrogen-bond acceptors (Lipinski definition) is 6. The molecular weight excluding hydrogens is 216 g/mol. The fourth-order valence-corrected chi connectivity index (χ4v) is 1.29. The molecule has 6 heteroatoms. The molecule has 2 heterocycles. The maximum absolute atomic E-state index is 5.41. The second-order valence-corrected chi connectivity index (χ2v) is 3.34. The highest BCUT2D eigenvalue weighted by Gasteiger charge is 1.99. The number of hydrogen-bond donors (Lipinski definition) is 3. The highest BCUT2D eigenvalue weighted by Crippen LogP contribution is 2.13. The van der Waals surface area contributed by atoms with E-state index in [-0.39, 0.29) is 0 Å². The maximum atomic E-state index is 5.41. The molecule has 4 N–H and O–H groups in total. The zero-order valence-electron chi connectivity index (χ0n) is 9.30. The Bertz CT molecular complexity index is 459. The Labute approximate surface area is 99.3 Å². The third-order valence-electron chi connectivity index (χ3n) is 2.04. The van der Waals surface area contributed by atoms with Gasteiger partial charge < -0.3 is 16.4 Å². The van der Waals surface area contributed by atoms with Gasteiger partial charge in [0.15, 0.2) is 0 Å². The van der Waals surface area contributed by atoms with Crippen LogP contribution in [-0.4, -0.2) is 28.0 Å². The SMILES string of the molecule is NCCNc1cc(Nc2ccccn2)ncn1. The van der Waals surface area contributed by atoms with Gasteiger partial charge in [-0.05, 0) is 12.1 Å². The van der Waals surface area contributed by atoms with Crippen LogP contribution in [0.25, 0.3) is 0 Å². The zero-order valence-corrected chi connectivity index (χ0v) is 9.30. The van der Waals surface area contributed by atoms with Gasteiger partial charge in [0.25, 0.3) is 0 Å². The van der Waals surface area contributed by atoms with E-state index in [2.05, 4.69) is 25.6 Å². The second-order valence-electron chi connectivity index (χ2n) is 3.34. The van der Waals surface area contributed by atoms with E-state index in [1.165, 1.54) is 6.33 Å². The minimum absolute atomic E-state index is 0.563. The van der Waals surface area contributed by atoms with Gasteiger partial charge in [-0.3, -0.25) is 0 Å². The Morgan fingerprint density at radius 1 is 1.06 bits per heavy atom. The first-order valence-electron chi connectivity index (χ1n) is 5.32. The van der Waals surface area contributed by atoms with E-state index < -0.39 is 0 Å². The molecule has 88 valence electrons. The highest BCUT2D eigenvalue weighted by molar-refractivity contribution is 5.55. The van der Waals surface area contributed by atoms with E-state index in [0.29, 0.717) is 18.9 Å². The minimum atomic E-state index is 0.563. The molecule has 0 bridgehead atoms. The van der Waals surface area contributed by atoms with Crippen LogP contribution >= 0.6 is 0 Å². The predicted octanol–water partition coefficient (Wildman–Crippen LogP) is 0.986. The first-order chi connectivity index (χ1) is 8.38. The number of pyridine rings is 1. The third-order valence-corrected chi connectivity index (χ3v) is 2.04. The van der Waals surface area contributed by atoms with Crippen molar-refractivity contribution in [2.45, 2.75) is 0 Å². The van der Waals surface area contributed by atoms with Gasteiger partial charge in [-0.15, -0.1) is 0 Å². The van der Waals surface area contributed by atoms with E-state index in [1.54, 1.807) is 6.20 Å². The summed E-state index contributed by atoms with van der Waals surface area (Å²) < 4.78 is 0. The number of nitrogens with zero attached hydrogens (tertiary/aromatic N) is 3. The van der Waals surface area contributed by atoms with Crippen molar-refractivity contribution in [2.24, 2.45) is 5.73 Å². The van der Waals surface area contributed by atoms with Crippen LogP contribution < -0.4 is 16.4 Å². The van der Waals surface area contributed by atoms with Crippen LogP contribution in [0.15, 0.2) is 36.8 Å². The van der Waals surface area contributed by atoms with Gasteiger partial charge in [-0.1, -0.05) is 6.07 Å². The summed E-state index contributed by atoms with van der Waals surface area (Å²) in [5.41, 5.74) is 5.41. The lowest BCUT2D eigenvalue weighted by molar-refractivity contribution is 1.00. The molecule has 0 atom stereocenters. The van der Waals surface area contributed by atoms with Crippen molar-refractivity contribution in [1.82, 2.24) is 15.0 Å². The molecule has 0 aliphatic rings. The van der Waals surface area contributed by atoms with E-state index in [1.807, 2.05) is 24.3 Å². The maximum Gasteiger partial charge on any atom is 0.137 e. The molecule has 2 aromatic heterocycles. The van der Waals surface area contributed by atoms with Crippen LogP contribution in [0, 0.1) is 0 Å². The van der Waals surface area contributed by atoms with Crippen LogP contribution in [0.4, 0.5) is 17.5 Å². The summed E-state index contributed by atoms with van der Waals surface area (Å²) in [7, 11) is 0. The Morgan fingerprint density at radius 2 is 1.94 bits per heavy atom. The second kappa shape index (κ2) is 5.76. The van der Waals surface area contributed by atoms with Gasteiger partial charge in [0.1, 0.15) is 23.8 Å². The molecule has 0 radical (unpaired) electrons. The van der Waals surface area contributed by atoms with E-state index in [9.17, 15) is 0 Å². The molecule has 0 saturated heterocycles. The Kier molecular flexibility index (Phi) is 3.82. The average Bonchev–Trinajstić information content (AvgIpc) is 2.38. The summed E-state index contributed by atoms with van der Waals surface area (Å²) in [6, 6.07) is 7.45. The normalized spacial score (nSPS) is 9.94. The Morgan fingerprint density at radius 3 is 2.71 bits per heavy atom. The molecule has 2 aromatic rings. The van der Waals surface area contributed by atoms with Crippen molar-refractivity contribution < 1.29 is 0 Å². The van der Waals surface area contributed by atoms with Crippen LogP contribution in [0.1, 0.15) is 0 Å². The van der Waals surface area contributed by atoms with Crippen molar-refractivity contribution in [1.29, 1.82) is 0 Å². The summed E-state index contributed by atoms with van der Waals surface area (Å²) in [4.78, 5) is 12.3. The highest BCUT2D eigenvalue weighted by atomic mass is 15.1. The first-order valence-corrected chi connectivity index (χ1v) is 5.32. The lowest BCUT2D eigenvalue weighted by atomic mass is 10.4. The van der Waals surface area contributed by atoms with Crippen LogP contribution in [0.5, 0.6) is 0 Å². The van der Waals surface area contributed by atoms with Crippen molar-refractivity contribution in [3.8, 4) is 0 Å². The monoisotopic (exact) mass is 230 g/mol. The fourth-order valence-electron chi connectivity index (χ4n) is 1.29. The third kappa shape index (κ3) is 3.39. The number of anilines is 3. The fraction of sp³-hybridized carbons (Fsp3) is 0.182. The zero-order chi connectivity index (χ0) is 11.9. The van der Waals surface area contributed by atoms with Gasteiger partial charge in [-0.2, -0.15) is 0 Å². The summed E-state index contributed by atoms with van der Waals surface area (Å²) >= 11 is 0. The summed E-state index contributed by atoms with van der Waals surface area (Å²) in [6.07, 6.45) is 3.21. The summed E-state index contributed by atoms with van der Waals surface area (Å²) in [5, 5.41) is 6.17. The van der Waals surface area contributed by atoms with Crippen molar-refractivity contribution in [2.75, 3.05) is 23.7 Å². The topological polar surface area (TPSA) is 88.8 Å². The summed E-state index contributed by atoms with van der Waals surface area (Å²) in [5.74, 6) is 2.18. The Balaban J connectivity index is 2.06. The number of nitrogens with two attached hydrogens (primary N) is 1. The number of rotatable bonds is 5. The summed E-state index contributed by atoms with van der Waals surface area (Å²) in [6.45, 7) is 1.24. The molecule has 0 saturated carbocycles. The van der Waals surface area contributed by atoms with Crippen LogP contribution in [0.3, 0.4) is 0 Å². The van der Waals surface area contributed by atoms with Crippen LogP contribution in [-0.2, 0) is 0 Å². The largest absolute Gasteiger partial charge is 0.369 e. The van der Waals surface area contributed by atoms with E-state index in [0.717, 1.165) is 11.6 Å². The lowest BCUT2D eigenvalue weighted by Gasteiger charge is -2.06. The number of aromatic nitrogens is 3. The average molecular weight is 230 g/mol. The molecule has 0 unspecified atom stereocenters. The molecule has 0 aliphatic carbocycles. The molecule has 0 aromatic carbocycles. The van der Waals surface area contributed by atoms with Gasteiger partial charge in [0, 0.05) is 25.4 Å². The Hall–Kier alpha value is -2.21. The molecule has 0 spiro atoms. The molecular formula is C11H14N6. The molecule has 6 nitrogen and oxygen atoms in total. The van der Waals surface area contributed by atoms with Gasteiger partial charge >= 0.3 is 0 Å². The molecule has 17 heavy (non-hydrogen) atoms. The van der Waals surface area contributed by atoms with Crippen molar-refractivity contribution in [3.05, 3.63) is 36.8 Å². The standard InChI is InChI=1S/C11H14N6/c12-4-6-14-10-7-11(16-8-15-10)17-9-3-1-2-5-13-9/h1-3,5,7-8H,4,6,12H2,(H2,13,14,15,16,17). The lowest BCUT2D eigenvalue weighted by Crippen LogP contribution is -2.14. The van der Waals surface area contributed by atoms with Crippen molar-refractivity contribution in [3.63, 3.8) is 0 Å². The molecule has 0 amide bonds. The molecule has 0 fully saturated rings. The van der Waals surface area contributed by atoms with E-state index >= 15 is 0 Å². The first kappa shape index (κ1) is 11.3. The van der Waals surface area contributed by atoms with Gasteiger partial charge in [0.2, 0.25) is 0 Å². The molecule has 0 aliphatic heterocycles. The minimum Gasteiger partial charge on any atom is -0.369 e. The van der Waals surface area contributed by atoms with Crippen molar-refractivity contribution >= 4 is 17.5 Å².